The van der Waals surface area contributed by atoms with Crippen molar-refractivity contribution in [3.8, 4) is 0 Å². The first-order chi connectivity index (χ1) is 13.7. The van der Waals surface area contributed by atoms with E-state index in [9.17, 15) is 17.6 Å². The van der Waals surface area contributed by atoms with E-state index in [1.54, 1.807) is 13.0 Å². The highest BCUT2D eigenvalue weighted by Gasteiger charge is 2.20. The molecule has 7 nitrogen and oxygen atoms in total. The zero-order valence-electron chi connectivity index (χ0n) is 16.2. The highest BCUT2D eigenvalue weighted by Crippen LogP contribution is 2.22. The van der Waals surface area contributed by atoms with Crippen molar-refractivity contribution in [1.29, 1.82) is 0 Å². The second-order valence-corrected chi connectivity index (χ2v) is 8.56. The minimum atomic E-state index is -4.08. The van der Waals surface area contributed by atoms with Gasteiger partial charge in [-0.1, -0.05) is 32.0 Å². The summed E-state index contributed by atoms with van der Waals surface area (Å²) in [6.07, 6.45) is 0. The lowest BCUT2D eigenvalue weighted by atomic mass is 10.1. The van der Waals surface area contributed by atoms with Crippen LogP contribution < -0.4 is 10.0 Å². The van der Waals surface area contributed by atoms with Crippen LogP contribution in [0, 0.1) is 12.7 Å². The van der Waals surface area contributed by atoms with Crippen molar-refractivity contribution in [2.45, 2.75) is 31.6 Å². The number of benzene rings is 2. The van der Waals surface area contributed by atoms with Gasteiger partial charge in [-0.15, -0.1) is 0 Å². The Kier molecular flexibility index (Phi) is 5.69. The molecule has 29 heavy (non-hydrogen) atoms. The van der Waals surface area contributed by atoms with Crippen molar-refractivity contribution in [2.24, 2.45) is 0 Å². The van der Waals surface area contributed by atoms with Crippen LogP contribution in [0.3, 0.4) is 0 Å². The number of nitrogens with one attached hydrogen (secondary N) is 3. The second kappa shape index (κ2) is 8.04. The molecule has 1 amide bonds. The lowest BCUT2D eigenvalue weighted by molar-refractivity contribution is 0.102. The van der Waals surface area contributed by atoms with Gasteiger partial charge in [0.15, 0.2) is 5.82 Å². The Morgan fingerprint density at radius 3 is 2.52 bits per heavy atom. The van der Waals surface area contributed by atoms with Gasteiger partial charge in [0.25, 0.3) is 15.9 Å². The number of hydrogen-bond donors (Lipinski definition) is 3. The van der Waals surface area contributed by atoms with Gasteiger partial charge >= 0.3 is 0 Å². The first-order valence-electron chi connectivity index (χ1n) is 8.92. The van der Waals surface area contributed by atoms with Crippen molar-refractivity contribution >= 4 is 27.4 Å². The molecule has 0 radical (unpaired) electrons. The number of amides is 1. The molecule has 0 atom stereocenters. The van der Waals surface area contributed by atoms with Gasteiger partial charge in [-0.3, -0.25) is 14.6 Å². The normalized spacial score (nSPS) is 11.5. The van der Waals surface area contributed by atoms with Crippen LogP contribution in [0.15, 0.2) is 53.4 Å². The smallest absolute Gasteiger partial charge is 0.262 e. The number of halogens is 1. The molecule has 0 unspecified atom stereocenters. The number of hydrogen-bond acceptors (Lipinski definition) is 4. The van der Waals surface area contributed by atoms with E-state index in [-0.39, 0.29) is 22.1 Å². The molecule has 3 aromatic rings. The van der Waals surface area contributed by atoms with Crippen molar-refractivity contribution in [2.75, 3.05) is 10.0 Å². The summed E-state index contributed by atoms with van der Waals surface area (Å²) in [5, 5.41) is 9.53. The first kappa shape index (κ1) is 20.5. The number of carbonyl (C=O) groups excluding carboxylic acids is 1. The molecular formula is C20H21FN4O3S. The van der Waals surface area contributed by atoms with E-state index in [2.05, 4.69) is 20.2 Å². The van der Waals surface area contributed by atoms with Crippen molar-refractivity contribution in [1.82, 2.24) is 10.2 Å². The summed E-state index contributed by atoms with van der Waals surface area (Å²) in [5.41, 5.74) is 1.46. The summed E-state index contributed by atoms with van der Waals surface area (Å²) in [5.74, 6) is -0.628. The van der Waals surface area contributed by atoms with Gasteiger partial charge in [0, 0.05) is 17.3 Å². The van der Waals surface area contributed by atoms with Crippen LogP contribution in [0.25, 0.3) is 0 Å². The summed E-state index contributed by atoms with van der Waals surface area (Å²) in [6, 6.07) is 11.3. The zero-order valence-corrected chi connectivity index (χ0v) is 17.0. The molecular weight excluding hydrogens is 395 g/mol. The molecule has 0 aliphatic carbocycles. The van der Waals surface area contributed by atoms with Crippen LogP contribution in [0.5, 0.6) is 0 Å². The summed E-state index contributed by atoms with van der Waals surface area (Å²) in [6.45, 7) is 5.67. The van der Waals surface area contributed by atoms with E-state index < -0.39 is 21.7 Å². The van der Waals surface area contributed by atoms with Gasteiger partial charge in [-0.25, -0.2) is 12.8 Å². The summed E-state index contributed by atoms with van der Waals surface area (Å²) < 4.78 is 41.3. The van der Waals surface area contributed by atoms with Crippen molar-refractivity contribution in [3.05, 3.63) is 71.2 Å². The Balaban J connectivity index is 1.86. The third-order valence-corrected chi connectivity index (χ3v) is 5.71. The molecule has 0 aliphatic rings. The average Bonchev–Trinajstić information content (AvgIpc) is 3.12. The van der Waals surface area contributed by atoms with Crippen LogP contribution in [0.4, 0.5) is 15.9 Å². The molecule has 0 saturated carbocycles. The maximum Gasteiger partial charge on any atom is 0.262 e. The molecule has 0 saturated heterocycles. The minimum absolute atomic E-state index is 0.151. The summed E-state index contributed by atoms with van der Waals surface area (Å²) >= 11 is 0. The number of para-hydroxylation sites is 1. The Morgan fingerprint density at radius 2 is 1.86 bits per heavy atom. The predicted molar refractivity (Wildman–Crippen MR) is 109 cm³/mol. The molecule has 0 spiro atoms. The number of sulfonamides is 1. The maximum absolute atomic E-state index is 13.8. The number of anilines is 2. The number of H-pyrrole nitrogens is 1. The van der Waals surface area contributed by atoms with Gasteiger partial charge in [-0.05, 0) is 42.7 Å². The highest BCUT2D eigenvalue weighted by atomic mass is 32.2. The van der Waals surface area contributed by atoms with E-state index in [1.807, 2.05) is 13.8 Å². The van der Waals surface area contributed by atoms with Crippen LogP contribution in [-0.4, -0.2) is 24.5 Å². The molecule has 3 N–H and O–H groups in total. The summed E-state index contributed by atoms with van der Waals surface area (Å²) in [4.78, 5) is 12.5. The van der Waals surface area contributed by atoms with Gasteiger partial charge < -0.3 is 5.32 Å². The van der Waals surface area contributed by atoms with E-state index in [1.165, 1.54) is 36.4 Å². The number of nitrogens with zero attached hydrogens (tertiary/aromatic N) is 1. The van der Waals surface area contributed by atoms with Crippen LogP contribution in [0.2, 0.25) is 0 Å². The molecule has 9 heteroatoms. The molecule has 1 aromatic heterocycles. The Labute approximate surface area is 168 Å². The monoisotopic (exact) mass is 416 g/mol. The Hall–Kier alpha value is -3.20. The molecule has 0 bridgehead atoms. The fourth-order valence-corrected chi connectivity index (χ4v) is 3.73. The molecule has 3 rings (SSSR count). The quantitative estimate of drug-likeness (QED) is 0.564. The number of carbonyl (C=O) groups is 1. The number of aromatic nitrogens is 2. The van der Waals surface area contributed by atoms with E-state index in [0.717, 1.165) is 11.8 Å². The number of aryl methyl sites for hydroxylation is 1. The van der Waals surface area contributed by atoms with Crippen molar-refractivity contribution < 1.29 is 17.6 Å². The third kappa shape index (κ3) is 4.62. The van der Waals surface area contributed by atoms with Gasteiger partial charge in [-0.2, -0.15) is 5.10 Å². The SMILES string of the molecule is Cc1ccc(S(=O)(=O)Nc2ccccc2F)cc1C(=O)Nc1cc(C(C)C)[nH]n1. The topological polar surface area (TPSA) is 104 Å². The lowest BCUT2D eigenvalue weighted by Gasteiger charge is -2.11. The van der Waals surface area contributed by atoms with E-state index >= 15 is 0 Å². The number of aromatic amines is 1. The molecule has 0 aliphatic heterocycles. The van der Waals surface area contributed by atoms with Crippen LogP contribution in [0.1, 0.15) is 41.4 Å². The van der Waals surface area contributed by atoms with Crippen LogP contribution in [-0.2, 0) is 10.0 Å². The van der Waals surface area contributed by atoms with Gasteiger partial charge in [0.1, 0.15) is 5.82 Å². The van der Waals surface area contributed by atoms with E-state index in [0.29, 0.717) is 11.4 Å². The first-order valence-corrected chi connectivity index (χ1v) is 10.4. The van der Waals surface area contributed by atoms with Gasteiger partial charge in [0.2, 0.25) is 0 Å². The fraction of sp³-hybridized carbons (Fsp3) is 0.200. The molecule has 1 heterocycles. The molecule has 0 fully saturated rings. The van der Waals surface area contributed by atoms with Gasteiger partial charge in [0.05, 0.1) is 10.6 Å². The van der Waals surface area contributed by atoms with E-state index in [4.69, 9.17) is 0 Å². The molecule has 2 aromatic carbocycles. The maximum atomic E-state index is 13.8. The fourth-order valence-electron chi connectivity index (χ4n) is 2.64. The Bertz CT molecular complexity index is 1160. The second-order valence-electron chi connectivity index (χ2n) is 6.88. The van der Waals surface area contributed by atoms with Crippen molar-refractivity contribution in [3.63, 3.8) is 0 Å². The third-order valence-electron chi connectivity index (χ3n) is 4.34. The van der Waals surface area contributed by atoms with Crippen LogP contribution >= 0.6 is 0 Å². The zero-order chi connectivity index (χ0) is 21.2. The molecule has 152 valence electrons. The largest absolute Gasteiger partial charge is 0.305 e. The minimum Gasteiger partial charge on any atom is -0.305 e. The summed E-state index contributed by atoms with van der Waals surface area (Å²) in [7, 11) is -4.08. The number of rotatable bonds is 6. The average molecular weight is 416 g/mol. The predicted octanol–water partition coefficient (Wildman–Crippen LogP) is 4.03. The highest BCUT2D eigenvalue weighted by molar-refractivity contribution is 7.92. The standard InChI is InChI=1S/C20H21FN4O3S/c1-12(2)18-11-19(24-23-18)22-20(26)15-10-14(9-8-13(15)3)29(27,28)25-17-7-5-4-6-16(17)21/h4-12,25H,1-3H3,(H2,22,23,24,26). The lowest BCUT2D eigenvalue weighted by Crippen LogP contribution is -2.17. The Morgan fingerprint density at radius 1 is 1.14 bits per heavy atom.